The molecule has 1 aromatic carbocycles. The molecule has 0 unspecified atom stereocenters. The van der Waals surface area contributed by atoms with Crippen molar-refractivity contribution in [1.82, 2.24) is 14.9 Å². The number of piperazine rings is 1. The Morgan fingerprint density at radius 3 is 2.52 bits per heavy atom. The molecule has 0 radical (unpaired) electrons. The van der Waals surface area contributed by atoms with Gasteiger partial charge in [0.25, 0.3) is 0 Å². The molecule has 1 atom stereocenters. The van der Waals surface area contributed by atoms with E-state index in [4.69, 9.17) is 5.26 Å². The van der Waals surface area contributed by atoms with E-state index in [-0.39, 0.29) is 11.9 Å². The van der Waals surface area contributed by atoms with E-state index >= 15 is 0 Å². The van der Waals surface area contributed by atoms with Crippen molar-refractivity contribution >= 4 is 17.5 Å². The van der Waals surface area contributed by atoms with Crippen LogP contribution in [-0.2, 0) is 4.79 Å². The molecule has 1 aliphatic rings. The molecule has 0 saturated carbocycles. The van der Waals surface area contributed by atoms with E-state index in [9.17, 15) is 4.79 Å². The summed E-state index contributed by atoms with van der Waals surface area (Å²) in [7, 11) is 0. The number of nitrogens with zero attached hydrogens (tertiary/aromatic N) is 5. The van der Waals surface area contributed by atoms with Crippen LogP contribution in [0.15, 0.2) is 42.7 Å². The van der Waals surface area contributed by atoms with Gasteiger partial charge in [-0.3, -0.25) is 9.69 Å². The maximum atomic E-state index is 12.5. The maximum Gasteiger partial charge on any atom is 0.241 e. The molecule has 7 nitrogen and oxygen atoms in total. The van der Waals surface area contributed by atoms with Crippen molar-refractivity contribution in [3.8, 4) is 6.07 Å². The number of benzene rings is 1. The summed E-state index contributed by atoms with van der Waals surface area (Å²) >= 11 is 0. The molecular formula is C18H20N6O. The first-order valence-corrected chi connectivity index (χ1v) is 8.25. The summed E-state index contributed by atoms with van der Waals surface area (Å²) in [6, 6.07) is 10.6. The lowest BCUT2D eigenvalue weighted by Crippen LogP contribution is -2.53. The maximum absolute atomic E-state index is 12.5. The Bertz CT molecular complexity index is 765. The Morgan fingerprint density at radius 1 is 1.16 bits per heavy atom. The summed E-state index contributed by atoms with van der Waals surface area (Å²) in [6.07, 6.45) is 3.47. The van der Waals surface area contributed by atoms with E-state index in [2.05, 4.69) is 31.2 Å². The average molecular weight is 336 g/mol. The number of carbonyl (C=O) groups excluding carboxylic acids is 1. The third-order valence-electron chi connectivity index (χ3n) is 4.38. The van der Waals surface area contributed by atoms with Crippen molar-refractivity contribution < 1.29 is 4.79 Å². The highest BCUT2D eigenvalue weighted by molar-refractivity contribution is 5.95. The van der Waals surface area contributed by atoms with Crippen molar-refractivity contribution in [3.05, 3.63) is 48.3 Å². The fraction of sp³-hybridized carbons (Fsp3) is 0.333. The predicted octanol–water partition coefficient (Wildman–Crippen LogP) is 1.50. The summed E-state index contributed by atoms with van der Waals surface area (Å²) in [5, 5.41) is 12.0. The van der Waals surface area contributed by atoms with Gasteiger partial charge in [-0.2, -0.15) is 5.26 Å². The van der Waals surface area contributed by atoms with Gasteiger partial charge >= 0.3 is 0 Å². The molecule has 0 aliphatic carbocycles. The first-order valence-electron chi connectivity index (χ1n) is 8.25. The van der Waals surface area contributed by atoms with Crippen LogP contribution >= 0.6 is 0 Å². The number of nitrogens with one attached hydrogen (secondary N) is 1. The van der Waals surface area contributed by atoms with Crippen LogP contribution in [0, 0.1) is 11.3 Å². The van der Waals surface area contributed by atoms with E-state index in [0.29, 0.717) is 11.3 Å². The Balaban J connectivity index is 1.58. The molecular weight excluding hydrogens is 316 g/mol. The zero-order valence-electron chi connectivity index (χ0n) is 14.1. The molecule has 128 valence electrons. The summed E-state index contributed by atoms with van der Waals surface area (Å²) < 4.78 is 0. The zero-order chi connectivity index (χ0) is 17.6. The topological polar surface area (TPSA) is 85.2 Å². The van der Waals surface area contributed by atoms with Crippen LogP contribution in [0.2, 0.25) is 0 Å². The number of amides is 1. The summed E-state index contributed by atoms with van der Waals surface area (Å²) in [4.78, 5) is 25.3. The SMILES string of the molecule is C[C@H](C(=O)Nc1ccccc1C#N)N1CCN(c2ncccn2)CC1. The van der Waals surface area contributed by atoms with Gasteiger partial charge in [-0.1, -0.05) is 12.1 Å². The van der Waals surface area contributed by atoms with Crippen LogP contribution in [-0.4, -0.2) is 53.0 Å². The second-order valence-corrected chi connectivity index (χ2v) is 5.89. The van der Waals surface area contributed by atoms with Crippen molar-refractivity contribution in [2.24, 2.45) is 0 Å². The molecule has 2 aromatic rings. The largest absolute Gasteiger partial charge is 0.338 e. The predicted molar refractivity (Wildman–Crippen MR) is 95.1 cm³/mol. The fourth-order valence-electron chi connectivity index (χ4n) is 2.86. The number of carbonyl (C=O) groups is 1. The van der Waals surface area contributed by atoms with Gasteiger partial charge in [0.2, 0.25) is 11.9 Å². The van der Waals surface area contributed by atoms with Gasteiger partial charge < -0.3 is 10.2 Å². The van der Waals surface area contributed by atoms with Gasteiger partial charge in [-0.15, -0.1) is 0 Å². The molecule has 7 heteroatoms. The molecule has 25 heavy (non-hydrogen) atoms. The quantitative estimate of drug-likeness (QED) is 0.911. The molecule has 3 rings (SSSR count). The summed E-state index contributed by atoms with van der Waals surface area (Å²) in [5.41, 5.74) is 1.02. The lowest BCUT2D eigenvalue weighted by molar-refractivity contribution is -0.120. The molecule has 1 saturated heterocycles. The van der Waals surface area contributed by atoms with Crippen molar-refractivity contribution in [3.63, 3.8) is 0 Å². The van der Waals surface area contributed by atoms with Crippen LogP contribution < -0.4 is 10.2 Å². The van der Waals surface area contributed by atoms with Crippen LogP contribution in [0.1, 0.15) is 12.5 Å². The van der Waals surface area contributed by atoms with Crippen molar-refractivity contribution in [1.29, 1.82) is 5.26 Å². The van der Waals surface area contributed by atoms with Gasteiger partial charge in [0.15, 0.2) is 0 Å². The summed E-state index contributed by atoms with van der Waals surface area (Å²) in [5.74, 6) is 0.620. The van der Waals surface area contributed by atoms with Gasteiger partial charge in [-0.25, -0.2) is 9.97 Å². The van der Waals surface area contributed by atoms with Gasteiger partial charge in [0, 0.05) is 38.6 Å². The van der Waals surface area contributed by atoms with Gasteiger partial charge in [0.05, 0.1) is 17.3 Å². The third kappa shape index (κ3) is 3.92. The molecule has 2 heterocycles. The van der Waals surface area contributed by atoms with E-state index in [1.165, 1.54) is 0 Å². The highest BCUT2D eigenvalue weighted by Gasteiger charge is 2.26. The monoisotopic (exact) mass is 336 g/mol. The molecule has 1 aliphatic heterocycles. The van der Waals surface area contributed by atoms with Crippen molar-refractivity contribution in [2.45, 2.75) is 13.0 Å². The van der Waals surface area contributed by atoms with E-state index in [1.54, 1.807) is 42.7 Å². The lowest BCUT2D eigenvalue weighted by atomic mass is 10.1. The van der Waals surface area contributed by atoms with Crippen molar-refractivity contribution in [2.75, 3.05) is 36.4 Å². The first-order chi connectivity index (χ1) is 12.2. The number of nitriles is 1. The molecule has 0 spiro atoms. The Morgan fingerprint density at radius 2 is 1.84 bits per heavy atom. The zero-order valence-corrected chi connectivity index (χ0v) is 14.1. The second-order valence-electron chi connectivity index (χ2n) is 5.89. The molecule has 0 bridgehead atoms. The number of aromatic nitrogens is 2. The highest BCUT2D eigenvalue weighted by Crippen LogP contribution is 2.16. The van der Waals surface area contributed by atoms with Crippen LogP contribution in [0.4, 0.5) is 11.6 Å². The van der Waals surface area contributed by atoms with Crippen LogP contribution in [0.5, 0.6) is 0 Å². The Hall–Kier alpha value is -2.98. The molecule has 1 aromatic heterocycles. The minimum Gasteiger partial charge on any atom is -0.338 e. The minimum absolute atomic E-state index is 0.105. The van der Waals surface area contributed by atoms with E-state index in [0.717, 1.165) is 32.1 Å². The first kappa shape index (κ1) is 16.9. The number of rotatable bonds is 4. The molecule has 1 amide bonds. The number of para-hydroxylation sites is 1. The van der Waals surface area contributed by atoms with Crippen LogP contribution in [0.25, 0.3) is 0 Å². The smallest absolute Gasteiger partial charge is 0.241 e. The van der Waals surface area contributed by atoms with Crippen LogP contribution in [0.3, 0.4) is 0 Å². The Kier molecular flexibility index (Phi) is 5.21. The molecule has 1 fully saturated rings. The fourth-order valence-corrected chi connectivity index (χ4v) is 2.86. The third-order valence-corrected chi connectivity index (χ3v) is 4.38. The van der Waals surface area contributed by atoms with E-state index < -0.39 is 0 Å². The normalized spacial score (nSPS) is 16.1. The number of hydrogen-bond acceptors (Lipinski definition) is 6. The second kappa shape index (κ2) is 7.73. The molecule has 1 N–H and O–H groups in total. The standard InChI is InChI=1S/C18H20N6O/c1-14(17(25)22-16-6-3-2-5-15(16)13-19)23-9-11-24(12-10-23)18-20-7-4-8-21-18/h2-8,14H,9-12H2,1H3,(H,22,25)/t14-/m1/s1. The minimum atomic E-state index is -0.273. The van der Waals surface area contributed by atoms with Gasteiger partial charge in [-0.05, 0) is 25.1 Å². The Labute approximate surface area is 146 Å². The summed E-state index contributed by atoms with van der Waals surface area (Å²) in [6.45, 7) is 4.95. The van der Waals surface area contributed by atoms with Gasteiger partial charge in [0.1, 0.15) is 6.07 Å². The highest BCUT2D eigenvalue weighted by atomic mass is 16.2. The lowest BCUT2D eigenvalue weighted by Gasteiger charge is -2.37. The number of anilines is 2. The number of hydrogen-bond donors (Lipinski definition) is 1. The van der Waals surface area contributed by atoms with E-state index in [1.807, 2.05) is 6.92 Å². The average Bonchev–Trinajstić information content (AvgIpc) is 2.68.